The van der Waals surface area contributed by atoms with Crippen molar-refractivity contribution in [1.82, 2.24) is 20.1 Å². The third-order valence-corrected chi connectivity index (χ3v) is 3.97. The summed E-state index contributed by atoms with van der Waals surface area (Å²) in [6, 6.07) is 6.45. The van der Waals surface area contributed by atoms with Crippen molar-refractivity contribution in [2.45, 2.75) is 26.3 Å². The van der Waals surface area contributed by atoms with Gasteiger partial charge in [-0.2, -0.15) is 4.98 Å². The van der Waals surface area contributed by atoms with E-state index in [9.17, 15) is 0 Å². The molecular formula is C18H18N6O. The molecule has 3 N–H and O–H groups in total. The predicted octanol–water partition coefficient (Wildman–Crippen LogP) is 2.92. The molecule has 1 aliphatic carbocycles. The van der Waals surface area contributed by atoms with Crippen molar-refractivity contribution < 1.29 is 4.52 Å². The summed E-state index contributed by atoms with van der Waals surface area (Å²) in [6.45, 7) is 4.14. The van der Waals surface area contributed by atoms with E-state index in [-0.39, 0.29) is 6.01 Å². The molecule has 0 bridgehead atoms. The van der Waals surface area contributed by atoms with Gasteiger partial charge in [0.15, 0.2) is 0 Å². The van der Waals surface area contributed by atoms with E-state index in [1.807, 2.05) is 12.1 Å². The number of benzene rings is 1. The largest absolute Gasteiger partial charge is 0.367 e. The van der Waals surface area contributed by atoms with Crippen LogP contribution < -0.4 is 11.1 Å². The van der Waals surface area contributed by atoms with E-state index in [2.05, 4.69) is 51.4 Å². The van der Waals surface area contributed by atoms with Crippen LogP contribution in [-0.4, -0.2) is 26.2 Å². The molecule has 0 radical (unpaired) electrons. The van der Waals surface area contributed by atoms with Gasteiger partial charge in [0.05, 0.1) is 18.1 Å². The van der Waals surface area contributed by atoms with Gasteiger partial charge in [0.2, 0.25) is 5.82 Å². The third-order valence-electron chi connectivity index (χ3n) is 3.97. The van der Waals surface area contributed by atoms with Gasteiger partial charge in [0, 0.05) is 17.2 Å². The van der Waals surface area contributed by atoms with Gasteiger partial charge < -0.3 is 15.6 Å². The lowest BCUT2D eigenvalue weighted by Gasteiger charge is -2.11. The smallest absolute Gasteiger partial charge is 0.319 e. The molecule has 0 fully saturated rings. The molecule has 0 saturated carbocycles. The lowest BCUT2D eigenvalue weighted by molar-refractivity contribution is 0.437. The lowest BCUT2D eigenvalue weighted by atomic mass is 10.0. The number of aromatic nitrogens is 4. The maximum absolute atomic E-state index is 5.53. The highest BCUT2D eigenvalue weighted by Crippen LogP contribution is 2.34. The minimum absolute atomic E-state index is 0.0598. The highest BCUT2D eigenvalue weighted by molar-refractivity contribution is 5.85. The molecule has 3 aromatic rings. The van der Waals surface area contributed by atoms with Crippen LogP contribution >= 0.6 is 0 Å². The summed E-state index contributed by atoms with van der Waals surface area (Å²) in [4.78, 5) is 13.1. The zero-order valence-electron chi connectivity index (χ0n) is 14.0. The Balaban J connectivity index is 1.71. The Bertz CT molecular complexity index is 960. The number of nitrogens with one attached hydrogen (secondary N) is 1. The Kier molecular flexibility index (Phi) is 3.68. The van der Waals surface area contributed by atoms with Crippen LogP contribution in [0.15, 0.2) is 41.2 Å². The number of fused-ring (bicyclic) bond motifs is 1. The van der Waals surface area contributed by atoms with Gasteiger partial charge in [-0.05, 0) is 37.5 Å². The van der Waals surface area contributed by atoms with Crippen molar-refractivity contribution >= 4 is 17.4 Å². The van der Waals surface area contributed by atoms with Gasteiger partial charge in [-0.1, -0.05) is 23.4 Å². The first-order valence-corrected chi connectivity index (χ1v) is 8.12. The molecule has 0 aliphatic heterocycles. The number of nitrogens with two attached hydrogens (primary N) is 1. The predicted molar refractivity (Wildman–Crippen MR) is 95.7 cm³/mol. The normalized spacial score (nSPS) is 13.0. The zero-order chi connectivity index (χ0) is 17.4. The second kappa shape index (κ2) is 6.01. The first-order chi connectivity index (χ1) is 12.1. The molecule has 1 aliphatic rings. The van der Waals surface area contributed by atoms with Crippen molar-refractivity contribution in [3.05, 3.63) is 53.5 Å². The van der Waals surface area contributed by atoms with Crippen LogP contribution in [0, 0.1) is 0 Å². The summed E-state index contributed by atoms with van der Waals surface area (Å²) >= 11 is 0. The molecule has 25 heavy (non-hydrogen) atoms. The highest BCUT2D eigenvalue weighted by Gasteiger charge is 2.19. The van der Waals surface area contributed by atoms with Crippen molar-refractivity contribution in [3.63, 3.8) is 0 Å². The molecule has 7 nitrogen and oxygen atoms in total. The van der Waals surface area contributed by atoms with Crippen LogP contribution in [0.25, 0.3) is 17.0 Å². The average Bonchev–Trinajstić information content (AvgIpc) is 3.20. The van der Waals surface area contributed by atoms with E-state index >= 15 is 0 Å². The quantitative estimate of drug-likeness (QED) is 0.756. The van der Waals surface area contributed by atoms with Gasteiger partial charge in [-0.3, -0.25) is 4.98 Å². The molecule has 2 heterocycles. The number of hydrogen-bond donors (Lipinski definition) is 2. The summed E-state index contributed by atoms with van der Waals surface area (Å²) in [7, 11) is 0. The fourth-order valence-electron chi connectivity index (χ4n) is 2.92. The Morgan fingerprint density at radius 3 is 2.84 bits per heavy atom. The number of nitrogens with zero attached hydrogens (tertiary/aromatic N) is 4. The number of nitrogen functional groups attached to an aromatic ring is 1. The fraction of sp³-hybridized carbons (Fsp3) is 0.222. The second-order valence-electron chi connectivity index (χ2n) is 6.24. The van der Waals surface area contributed by atoms with Gasteiger partial charge in [0.25, 0.3) is 0 Å². The van der Waals surface area contributed by atoms with Crippen LogP contribution in [0.2, 0.25) is 0 Å². The standard InChI is InChI=1S/C18H18N6O/c1-10(2)21-16-9-20-8-15(22-16)13-6-5-11-3-4-12(7-14(11)13)17-23-18(19)25-24-17/h3-4,6-10H,5H2,1-2H3,(H,21,22)(H2,19,23,24). The van der Waals surface area contributed by atoms with E-state index in [0.29, 0.717) is 11.9 Å². The SMILES string of the molecule is CC(C)Nc1cncc(C2=CCc3ccc(-c4noc(N)n4)cc32)n1. The average molecular weight is 334 g/mol. The monoisotopic (exact) mass is 334 g/mol. The van der Waals surface area contributed by atoms with E-state index < -0.39 is 0 Å². The molecule has 7 heteroatoms. The van der Waals surface area contributed by atoms with Crippen molar-refractivity contribution in [2.24, 2.45) is 0 Å². The topological polar surface area (TPSA) is 103 Å². The lowest BCUT2D eigenvalue weighted by Crippen LogP contribution is -2.11. The van der Waals surface area contributed by atoms with Gasteiger partial charge >= 0.3 is 6.01 Å². The number of hydrogen-bond acceptors (Lipinski definition) is 7. The summed E-state index contributed by atoms with van der Waals surface area (Å²) in [5.41, 5.74) is 10.6. The molecule has 0 unspecified atom stereocenters. The van der Waals surface area contributed by atoms with Crippen LogP contribution in [0.1, 0.15) is 30.7 Å². The van der Waals surface area contributed by atoms with E-state index in [1.165, 1.54) is 5.56 Å². The maximum Gasteiger partial charge on any atom is 0.319 e. The minimum Gasteiger partial charge on any atom is -0.367 e. The van der Waals surface area contributed by atoms with Crippen LogP contribution in [0.4, 0.5) is 11.8 Å². The van der Waals surface area contributed by atoms with Crippen LogP contribution in [-0.2, 0) is 6.42 Å². The van der Waals surface area contributed by atoms with Crippen molar-refractivity contribution in [3.8, 4) is 11.4 Å². The molecule has 2 aromatic heterocycles. The molecule has 126 valence electrons. The van der Waals surface area contributed by atoms with Gasteiger partial charge in [-0.15, -0.1) is 0 Å². The molecule has 0 saturated heterocycles. The Labute approximate surface area is 145 Å². The Hall–Kier alpha value is -3.22. The molecule has 0 amide bonds. The molecule has 0 spiro atoms. The third kappa shape index (κ3) is 2.96. The van der Waals surface area contributed by atoms with E-state index in [1.54, 1.807) is 12.4 Å². The molecule has 0 atom stereocenters. The Morgan fingerprint density at radius 1 is 1.20 bits per heavy atom. The van der Waals surface area contributed by atoms with Gasteiger partial charge in [0.1, 0.15) is 5.82 Å². The molecule has 4 rings (SSSR count). The van der Waals surface area contributed by atoms with Gasteiger partial charge in [-0.25, -0.2) is 4.98 Å². The Morgan fingerprint density at radius 2 is 2.08 bits per heavy atom. The number of rotatable bonds is 4. The summed E-state index contributed by atoms with van der Waals surface area (Å²) in [5, 5.41) is 7.17. The number of allylic oxidation sites excluding steroid dienone is 1. The summed E-state index contributed by atoms with van der Waals surface area (Å²) in [5.74, 6) is 1.25. The molecule has 1 aromatic carbocycles. The summed E-state index contributed by atoms with van der Waals surface area (Å²) < 4.78 is 4.87. The fourth-order valence-corrected chi connectivity index (χ4v) is 2.92. The van der Waals surface area contributed by atoms with E-state index in [0.717, 1.165) is 34.6 Å². The zero-order valence-corrected chi connectivity index (χ0v) is 14.0. The minimum atomic E-state index is 0.0598. The van der Waals surface area contributed by atoms with Crippen molar-refractivity contribution in [2.75, 3.05) is 11.1 Å². The maximum atomic E-state index is 5.53. The second-order valence-corrected chi connectivity index (χ2v) is 6.24. The van der Waals surface area contributed by atoms with E-state index in [4.69, 9.17) is 10.3 Å². The highest BCUT2D eigenvalue weighted by atomic mass is 16.5. The van der Waals surface area contributed by atoms with Crippen molar-refractivity contribution in [1.29, 1.82) is 0 Å². The van der Waals surface area contributed by atoms with Crippen LogP contribution in [0.5, 0.6) is 0 Å². The summed E-state index contributed by atoms with van der Waals surface area (Å²) in [6.07, 6.45) is 6.55. The first kappa shape index (κ1) is 15.3. The molecular weight excluding hydrogens is 316 g/mol. The first-order valence-electron chi connectivity index (χ1n) is 8.12. The number of anilines is 2. The van der Waals surface area contributed by atoms with Crippen LogP contribution in [0.3, 0.4) is 0 Å².